The second-order valence-corrected chi connectivity index (χ2v) is 6.50. The summed E-state index contributed by atoms with van der Waals surface area (Å²) in [7, 11) is -2.05. The lowest BCUT2D eigenvalue weighted by Crippen LogP contribution is -2.35. The Morgan fingerprint density at radius 1 is 1.21 bits per heavy atom. The van der Waals surface area contributed by atoms with Gasteiger partial charge in [0.25, 0.3) is 0 Å². The van der Waals surface area contributed by atoms with Gasteiger partial charge in [-0.3, -0.25) is 0 Å². The quantitative estimate of drug-likeness (QED) is 0.718. The van der Waals surface area contributed by atoms with E-state index in [1.54, 1.807) is 12.1 Å². The smallest absolute Gasteiger partial charge is 0.240 e. The van der Waals surface area contributed by atoms with Gasteiger partial charge in [0, 0.05) is 13.1 Å². The molecule has 106 valence electrons. The van der Waals surface area contributed by atoms with Crippen molar-refractivity contribution in [2.24, 2.45) is 0 Å². The maximum atomic E-state index is 11.8. The van der Waals surface area contributed by atoms with E-state index in [1.807, 2.05) is 0 Å². The fourth-order valence-corrected chi connectivity index (χ4v) is 2.85. The lowest BCUT2D eigenvalue weighted by atomic mass is 10.2. The van der Waals surface area contributed by atoms with Crippen LogP contribution >= 0.6 is 0 Å². The lowest BCUT2D eigenvalue weighted by molar-refractivity contribution is 0.273. The van der Waals surface area contributed by atoms with Crippen molar-refractivity contribution in [3.05, 3.63) is 18.2 Å². The standard InChI is InChI=1S/C12H20N4O2S/c1-14-19(17,18)10-5-6-11(13)12(9-10)15-16-7-3-2-4-8-16/h5-6,9,14-15H,2-4,7-8,13H2,1H3. The van der Waals surface area contributed by atoms with Crippen molar-refractivity contribution in [3.63, 3.8) is 0 Å². The highest BCUT2D eigenvalue weighted by Gasteiger charge is 2.15. The molecule has 0 bridgehead atoms. The topological polar surface area (TPSA) is 87.5 Å². The number of piperidine rings is 1. The molecule has 0 amide bonds. The molecular formula is C12H20N4O2S. The van der Waals surface area contributed by atoms with Gasteiger partial charge in [0.1, 0.15) is 0 Å². The molecule has 0 saturated carbocycles. The predicted octanol–water partition coefficient (Wildman–Crippen LogP) is 0.990. The van der Waals surface area contributed by atoms with Crippen LogP contribution in [0.4, 0.5) is 11.4 Å². The van der Waals surface area contributed by atoms with Crippen LogP contribution in [0.15, 0.2) is 23.1 Å². The van der Waals surface area contributed by atoms with Crippen LogP contribution in [0.25, 0.3) is 0 Å². The van der Waals surface area contributed by atoms with Gasteiger partial charge in [-0.25, -0.2) is 18.1 Å². The third kappa shape index (κ3) is 3.37. The molecule has 6 nitrogen and oxygen atoms in total. The van der Waals surface area contributed by atoms with Gasteiger partial charge in [-0.1, -0.05) is 6.42 Å². The number of nitrogen functional groups attached to an aromatic ring is 1. The minimum atomic E-state index is -3.44. The lowest BCUT2D eigenvalue weighted by Gasteiger charge is -2.28. The van der Waals surface area contributed by atoms with E-state index in [-0.39, 0.29) is 4.90 Å². The van der Waals surface area contributed by atoms with E-state index in [1.165, 1.54) is 19.5 Å². The Labute approximate surface area is 114 Å². The van der Waals surface area contributed by atoms with Gasteiger partial charge in [-0.15, -0.1) is 0 Å². The first-order valence-corrected chi connectivity index (χ1v) is 7.86. The first-order valence-electron chi connectivity index (χ1n) is 6.37. The maximum Gasteiger partial charge on any atom is 0.240 e. The molecule has 1 aromatic carbocycles. The minimum Gasteiger partial charge on any atom is -0.397 e. The second-order valence-electron chi connectivity index (χ2n) is 4.62. The Bertz CT molecular complexity index is 539. The van der Waals surface area contributed by atoms with Gasteiger partial charge in [-0.2, -0.15) is 0 Å². The molecule has 1 aliphatic rings. The summed E-state index contributed by atoms with van der Waals surface area (Å²) in [5.74, 6) is 0. The summed E-state index contributed by atoms with van der Waals surface area (Å²) < 4.78 is 25.8. The fourth-order valence-electron chi connectivity index (χ4n) is 2.09. The number of hydrogen-bond acceptors (Lipinski definition) is 5. The molecular weight excluding hydrogens is 264 g/mol. The summed E-state index contributed by atoms with van der Waals surface area (Å²) in [4.78, 5) is 0.212. The molecule has 0 unspecified atom stereocenters. The Morgan fingerprint density at radius 3 is 2.53 bits per heavy atom. The molecule has 0 aliphatic carbocycles. The molecule has 0 atom stereocenters. The summed E-state index contributed by atoms with van der Waals surface area (Å²) in [6, 6.07) is 4.68. The van der Waals surface area contributed by atoms with Crippen LogP contribution in [0.1, 0.15) is 19.3 Å². The Hall–Kier alpha value is -1.31. The summed E-state index contributed by atoms with van der Waals surface area (Å²) in [5, 5.41) is 2.07. The summed E-state index contributed by atoms with van der Waals surface area (Å²) >= 11 is 0. The molecule has 1 aromatic rings. The Balaban J connectivity index is 2.22. The Kier molecular flexibility index (Phi) is 4.28. The molecule has 0 radical (unpaired) electrons. The van der Waals surface area contributed by atoms with Crippen molar-refractivity contribution in [1.29, 1.82) is 0 Å². The van der Waals surface area contributed by atoms with E-state index >= 15 is 0 Å². The van der Waals surface area contributed by atoms with Gasteiger partial charge >= 0.3 is 0 Å². The Morgan fingerprint density at radius 2 is 1.89 bits per heavy atom. The molecule has 7 heteroatoms. The number of rotatable bonds is 4. The van der Waals surface area contributed by atoms with Gasteiger partial charge < -0.3 is 11.2 Å². The van der Waals surface area contributed by atoms with Crippen molar-refractivity contribution in [1.82, 2.24) is 9.73 Å². The highest BCUT2D eigenvalue weighted by atomic mass is 32.2. The molecule has 2 rings (SSSR count). The largest absolute Gasteiger partial charge is 0.397 e. The van der Waals surface area contributed by atoms with Gasteiger partial charge in [0.05, 0.1) is 16.3 Å². The number of benzene rings is 1. The van der Waals surface area contributed by atoms with Crippen LogP contribution in [0.3, 0.4) is 0 Å². The van der Waals surface area contributed by atoms with Gasteiger partial charge in [0.15, 0.2) is 0 Å². The van der Waals surface area contributed by atoms with Crippen LogP contribution in [0.2, 0.25) is 0 Å². The number of hydrogen-bond donors (Lipinski definition) is 3. The summed E-state index contributed by atoms with van der Waals surface area (Å²) in [5.41, 5.74) is 10.3. The van der Waals surface area contributed by atoms with Crippen molar-refractivity contribution >= 4 is 21.4 Å². The van der Waals surface area contributed by atoms with Gasteiger partial charge in [-0.05, 0) is 38.1 Å². The van der Waals surface area contributed by atoms with Crippen LogP contribution < -0.4 is 15.9 Å². The van der Waals surface area contributed by atoms with Crippen molar-refractivity contribution in [3.8, 4) is 0 Å². The third-order valence-electron chi connectivity index (χ3n) is 3.24. The number of nitrogens with zero attached hydrogens (tertiary/aromatic N) is 1. The number of anilines is 2. The van der Waals surface area contributed by atoms with Crippen LogP contribution in [0, 0.1) is 0 Å². The van der Waals surface area contributed by atoms with E-state index in [4.69, 9.17) is 5.73 Å². The first-order chi connectivity index (χ1) is 9.03. The molecule has 0 aromatic heterocycles. The van der Waals surface area contributed by atoms with Gasteiger partial charge in [0.2, 0.25) is 10.0 Å². The molecule has 1 aliphatic heterocycles. The second kappa shape index (κ2) is 5.77. The zero-order valence-corrected chi connectivity index (χ0v) is 11.8. The van der Waals surface area contributed by atoms with Crippen molar-refractivity contribution < 1.29 is 8.42 Å². The average Bonchev–Trinajstić information content (AvgIpc) is 2.42. The minimum absolute atomic E-state index is 0.212. The summed E-state index contributed by atoms with van der Waals surface area (Å²) in [6.07, 6.45) is 3.52. The van der Waals surface area contributed by atoms with Crippen molar-refractivity contribution in [2.75, 3.05) is 31.3 Å². The van der Waals surface area contributed by atoms with E-state index in [0.717, 1.165) is 25.9 Å². The highest BCUT2D eigenvalue weighted by molar-refractivity contribution is 7.89. The number of nitrogens with two attached hydrogens (primary N) is 1. The monoisotopic (exact) mass is 284 g/mol. The molecule has 4 N–H and O–H groups in total. The van der Waals surface area contributed by atoms with E-state index in [9.17, 15) is 8.42 Å². The third-order valence-corrected chi connectivity index (χ3v) is 4.65. The highest BCUT2D eigenvalue weighted by Crippen LogP contribution is 2.24. The normalized spacial score (nSPS) is 17.3. The summed E-state index contributed by atoms with van der Waals surface area (Å²) in [6.45, 7) is 1.89. The zero-order valence-electron chi connectivity index (χ0n) is 11.0. The molecule has 0 spiro atoms. The van der Waals surface area contributed by atoms with Crippen LogP contribution in [-0.2, 0) is 10.0 Å². The molecule has 19 heavy (non-hydrogen) atoms. The van der Waals surface area contributed by atoms with Crippen molar-refractivity contribution in [2.45, 2.75) is 24.2 Å². The number of sulfonamides is 1. The maximum absolute atomic E-state index is 11.8. The van der Waals surface area contributed by atoms with Crippen LogP contribution in [-0.4, -0.2) is 33.6 Å². The zero-order chi connectivity index (χ0) is 13.9. The van der Waals surface area contributed by atoms with Crippen LogP contribution in [0.5, 0.6) is 0 Å². The van der Waals surface area contributed by atoms with E-state index in [2.05, 4.69) is 15.2 Å². The van der Waals surface area contributed by atoms with E-state index in [0.29, 0.717) is 11.4 Å². The molecule has 1 saturated heterocycles. The molecule has 1 fully saturated rings. The van der Waals surface area contributed by atoms with E-state index < -0.39 is 10.0 Å². The predicted molar refractivity (Wildman–Crippen MR) is 76.1 cm³/mol. The molecule has 1 heterocycles. The SMILES string of the molecule is CNS(=O)(=O)c1ccc(N)c(NN2CCCCC2)c1. The average molecular weight is 284 g/mol. The first kappa shape index (κ1) is 14.1. The number of nitrogens with one attached hydrogen (secondary N) is 2. The fraction of sp³-hybridized carbons (Fsp3) is 0.500. The number of hydrazine groups is 1.